The number of nitriles is 1. The van der Waals surface area contributed by atoms with E-state index in [1.165, 1.54) is 0 Å². The van der Waals surface area contributed by atoms with Gasteiger partial charge in [0.1, 0.15) is 5.75 Å². The number of ether oxygens (including phenoxy) is 1. The third-order valence-electron chi connectivity index (χ3n) is 2.57. The lowest BCUT2D eigenvalue weighted by Gasteiger charge is -2.06. The van der Waals surface area contributed by atoms with E-state index in [1.54, 1.807) is 18.0 Å². The number of rotatable bonds is 6. The maximum atomic E-state index is 8.58. The van der Waals surface area contributed by atoms with Gasteiger partial charge in [0.05, 0.1) is 19.1 Å². The molecule has 0 spiro atoms. The number of benzene rings is 1. The van der Waals surface area contributed by atoms with E-state index in [0.717, 1.165) is 22.2 Å². The average molecular weight is 273 g/mol. The second-order valence-corrected chi connectivity index (χ2v) is 5.06. The molecule has 0 aliphatic carbocycles. The molecule has 5 heteroatoms. The quantitative estimate of drug-likeness (QED) is 0.600. The van der Waals surface area contributed by atoms with Crippen LogP contribution in [0.25, 0.3) is 0 Å². The summed E-state index contributed by atoms with van der Waals surface area (Å²) in [5, 5.41) is 9.58. The predicted octanol–water partition coefficient (Wildman–Crippen LogP) is 2.66. The number of hydrogen-bond donors (Lipinski definition) is 0. The van der Waals surface area contributed by atoms with Gasteiger partial charge in [0, 0.05) is 25.2 Å². The summed E-state index contributed by atoms with van der Waals surface area (Å²) in [4.78, 5) is 4.23. The number of nitrogens with zero attached hydrogens (tertiary/aromatic N) is 3. The van der Waals surface area contributed by atoms with Crippen LogP contribution in [0.2, 0.25) is 0 Å². The molecule has 0 unspecified atom stereocenters. The Bertz CT molecular complexity index is 557. The lowest BCUT2D eigenvalue weighted by Crippen LogP contribution is -2.01. The molecule has 0 N–H and O–H groups in total. The van der Waals surface area contributed by atoms with Crippen molar-refractivity contribution in [1.82, 2.24) is 9.55 Å². The lowest BCUT2D eigenvalue weighted by molar-refractivity contribution is 0.343. The van der Waals surface area contributed by atoms with Crippen LogP contribution < -0.4 is 4.74 Å². The highest BCUT2D eigenvalue weighted by molar-refractivity contribution is 7.99. The molecule has 19 heavy (non-hydrogen) atoms. The minimum Gasteiger partial charge on any atom is -0.493 e. The van der Waals surface area contributed by atoms with E-state index in [2.05, 4.69) is 11.1 Å². The largest absolute Gasteiger partial charge is 0.493 e. The summed E-state index contributed by atoms with van der Waals surface area (Å²) in [5.74, 6) is 1.69. The molecule has 0 saturated heterocycles. The van der Waals surface area contributed by atoms with Crippen molar-refractivity contribution in [2.24, 2.45) is 7.05 Å². The monoisotopic (exact) mass is 273 g/mol. The van der Waals surface area contributed by atoms with Crippen molar-refractivity contribution in [3.05, 3.63) is 42.2 Å². The number of aromatic nitrogens is 2. The van der Waals surface area contributed by atoms with Crippen molar-refractivity contribution in [3.8, 4) is 11.8 Å². The zero-order valence-electron chi connectivity index (χ0n) is 10.7. The van der Waals surface area contributed by atoms with Crippen LogP contribution in [-0.4, -0.2) is 21.9 Å². The molecule has 0 saturated carbocycles. The fraction of sp³-hybridized carbons (Fsp3) is 0.286. The maximum absolute atomic E-state index is 8.58. The summed E-state index contributed by atoms with van der Waals surface area (Å²) >= 11 is 1.67. The molecule has 0 fully saturated rings. The van der Waals surface area contributed by atoms with E-state index in [-0.39, 0.29) is 0 Å². The van der Waals surface area contributed by atoms with Crippen molar-refractivity contribution in [2.45, 2.75) is 11.6 Å². The van der Waals surface area contributed by atoms with Crippen LogP contribution in [0.4, 0.5) is 0 Å². The van der Waals surface area contributed by atoms with Crippen LogP contribution in [0.1, 0.15) is 5.56 Å². The molecular formula is C14H15N3OS. The van der Waals surface area contributed by atoms with E-state index in [9.17, 15) is 0 Å². The Morgan fingerprint density at radius 2 is 2.16 bits per heavy atom. The maximum Gasteiger partial charge on any atom is 0.167 e. The van der Waals surface area contributed by atoms with Crippen molar-refractivity contribution in [3.63, 3.8) is 0 Å². The summed E-state index contributed by atoms with van der Waals surface area (Å²) in [6.07, 6.45) is 4.16. The fourth-order valence-electron chi connectivity index (χ4n) is 1.58. The average Bonchev–Trinajstić information content (AvgIpc) is 2.83. The minimum absolute atomic E-state index is 0.440. The minimum atomic E-state index is 0.440. The summed E-state index contributed by atoms with van der Waals surface area (Å²) in [5.41, 5.74) is 1.01. The first-order chi connectivity index (χ1) is 9.29. The first-order valence-corrected chi connectivity index (χ1v) is 6.97. The molecule has 2 rings (SSSR count). The van der Waals surface area contributed by atoms with Gasteiger partial charge in [-0.25, -0.2) is 4.98 Å². The first kappa shape index (κ1) is 13.5. The zero-order valence-corrected chi connectivity index (χ0v) is 11.6. The zero-order chi connectivity index (χ0) is 13.5. The summed E-state index contributed by atoms with van der Waals surface area (Å²) in [6, 6.07) is 9.77. The number of aryl methyl sites for hydroxylation is 1. The molecule has 0 aliphatic rings. The van der Waals surface area contributed by atoms with Crippen molar-refractivity contribution in [1.29, 1.82) is 5.26 Å². The number of thioether (sulfide) groups is 1. The van der Waals surface area contributed by atoms with Gasteiger partial charge < -0.3 is 9.30 Å². The van der Waals surface area contributed by atoms with Crippen LogP contribution in [-0.2, 0) is 13.5 Å². The summed E-state index contributed by atoms with van der Waals surface area (Å²) < 4.78 is 7.62. The smallest absolute Gasteiger partial charge is 0.167 e. The highest BCUT2D eigenvalue weighted by Crippen LogP contribution is 2.16. The third-order valence-corrected chi connectivity index (χ3v) is 3.59. The highest BCUT2D eigenvalue weighted by atomic mass is 32.2. The molecule has 1 aromatic carbocycles. The second-order valence-electron chi connectivity index (χ2n) is 4.00. The predicted molar refractivity (Wildman–Crippen MR) is 75.2 cm³/mol. The Balaban J connectivity index is 1.74. The Labute approximate surface area is 117 Å². The molecule has 0 amide bonds. The lowest BCUT2D eigenvalue weighted by atomic mass is 10.2. The van der Waals surface area contributed by atoms with Gasteiger partial charge >= 0.3 is 0 Å². The summed E-state index contributed by atoms with van der Waals surface area (Å²) in [7, 11) is 1.98. The van der Waals surface area contributed by atoms with Gasteiger partial charge in [0.2, 0.25) is 0 Å². The molecule has 1 heterocycles. The van der Waals surface area contributed by atoms with Gasteiger partial charge in [-0.15, -0.1) is 0 Å². The normalized spacial score (nSPS) is 10.1. The van der Waals surface area contributed by atoms with Crippen molar-refractivity contribution in [2.75, 3.05) is 12.4 Å². The van der Waals surface area contributed by atoms with Crippen LogP contribution >= 0.6 is 11.8 Å². The molecule has 2 aromatic rings. The van der Waals surface area contributed by atoms with Gasteiger partial charge in [0.15, 0.2) is 5.16 Å². The third kappa shape index (κ3) is 4.04. The second kappa shape index (κ2) is 6.86. The van der Waals surface area contributed by atoms with Crippen molar-refractivity contribution < 1.29 is 4.74 Å². The Kier molecular flexibility index (Phi) is 4.87. The van der Waals surface area contributed by atoms with E-state index < -0.39 is 0 Å². The van der Waals surface area contributed by atoms with Crippen LogP contribution in [0.5, 0.6) is 5.75 Å². The summed E-state index contributed by atoms with van der Waals surface area (Å²) in [6.45, 7) is 0.634. The van der Waals surface area contributed by atoms with Gasteiger partial charge in [0.25, 0.3) is 0 Å². The van der Waals surface area contributed by atoms with Gasteiger partial charge in [-0.2, -0.15) is 5.26 Å². The number of hydrogen-bond acceptors (Lipinski definition) is 4. The molecular weight excluding hydrogens is 258 g/mol. The van der Waals surface area contributed by atoms with Gasteiger partial charge in [-0.1, -0.05) is 23.9 Å². The van der Waals surface area contributed by atoms with E-state index >= 15 is 0 Å². The molecule has 4 nitrogen and oxygen atoms in total. The van der Waals surface area contributed by atoms with E-state index in [1.807, 2.05) is 42.1 Å². The SMILES string of the molecule is Cn1ccnc1SCCOc1ccc(CC#N)cc1. The highest BCUT2D eigenvalue weighted by Gasteiger charge is 2.00. The Morgan fingerprint density at radius 1 is 1.37 bits per heavy atom. The topological polar surface area (TPSA) is 50.8 Å². The molecule has 1 aromatic heterocycles. The van der Waals surface area contributed by atoms with Gasteiger partial charge in [-0.3, -0.25) is 0 Å². The fourth-order valence-corrected chi connectivity index (χ4v) is 2.33. The molecule has 0 radical (unpaired) electrons. The Morgan fingerprint density at radius 3 is 2.79 bits per heavy atom. The molecule has 0 aliphatic heterocycles. The number of imidazole rings is 1. The standard InChI is InChI=1S/C14H15N3OS/c1-17-9-8-16-14(17)19-11-10-18-13-4-2-12(3-5-13)6-7-15/h2-5,8-9H,6,10-11H2,1H3. The van der Waals surface area contributed by atoms with Crippen LogP contribution in [0.3, 0.4) is 0 Å². The molecule has 0 atom stereocenters. The molecule has 98 valence electrons. The first-order valence-electron chi connectivity index (χ1n) is 5.98. The molecule has 0 bridgehead atoms. The Hall–Kier alpha value is -1.93. The van der Waals surface area contributed by atoms with Crippen molar-refractivity contribution >= 4 is 11.8 Å². The van der Waals surface area contributed by atoms with Gasteiger partial charge in [-0.05, 0) is 17.7 Å². The van der Waals surface area contributed by atoms with E-state index in [0.29, 0.717) is 13.0 Å². The van der Waals surface area contributed by atoms with E-state index in [4.69, 9.17) is 10.00 Å². The van der Waals surface area contributed by atoms with Crippen LogP contribution in [0, 0.1) is 11.3 Å². The van der Waals surface area contributed by atoms with Crippen LogP contribution in [0.15, 0.2) is 41.8 Å².